The summed E-state index contributed by atoms with van der Waals surface area (Å²) in [5, 5.41) is 0. The summed E-state index contributed by atoms with van der Waals surface area (Å²) in [7, 11) is 3.99. The number of hydrogen-bond donors (Lipinski definition) is 0. The van der Waals surface area contributed by atoms with E-state index >= 15 is 0 Å². The zero-order valence-electron chi connectivity index (χ0n) is 16.9. The van der Waals surface area contributed by atoms with Crippen LogP contribution in [0, 0.1) is 0 Å². The van der Waals surface area contributed by atoms with Gasteiger partial charge in [0.2, 0.25) is 5.90 Å². The van der Waals surface area contributed by atoms with Crippen LogP contribution in [0.5, 0.6) is 0 Å². The van der Waals surface area contributed by atoms with Crippen molar-refractivity contribution in [3.8, 4) is 0 Å². The number of ether oxygens (including phenoxy) is 1. The minimum Gasteiger partial charge on any atom is -0.402 e. The molecule has 1 aliphatic heterocycles. The maximum atomic E-state index is 12.2. The first kappa shape index (κ1) is 19.9. The molecular formula is C24H28N2O2. The van der Waals surface area contributed by atoms with Crippen LogP contribution in [0.2, 0.25) is 0 Å². The summed E-state index contributed by atoms with van der Waals surface area (Å²) in [6.07, 6.45) is 7.87. The van der Waals surface area contributed by atoms with E-state index in [0.717, 1.165) is 23.2 Å². The number of carbonyl (C=O) groups excluding carboxylic acids is 1. The lowest BCUT2D eigenvalue weighted by Crippen LogP contribution is -2.08. The van der Waals surface area contributed by atoms with Gasteiger partial charge in [-0.2, -0.15) is 0 Å². The van der Waals surface area contributed by atoms with Gasteiger partial charge in [-0.3, -0.25) is 0 Å². The summed E-state index contributed by atoms with van der Waals surface area (Å²) in [6, 6.07) is 16.1. The molecule has 0 spiro atoms. The van der Waals surface area contributed by atoms with Crippen molar-refractivity contribution < 1.29 is 9.53 Å². The molecule has 0 atom stereocenters. The fraction of sp³-hybridized carbons (Fsp3) is 0.333. The van der Waals surface area contributed by atoms with Crippen LogP contribution in [0.25, 0.3) is 6.08 Å². The van der Waals surface area contributed by atoms with Crippen molar-refractivity contribution in [2.75, 3.05) is 19.0 Å². The first-order valence-corrected chi connectivity index (χ1v) is 9.96. The van der Waals surface area contributed by atoms with Crippen LogP contribution in [-0.2, 0) is 16.0 Å². The largest absolute Gasteiger partial charge is 0.402 e. The number of aliphatic imine (C=N–C) groups is 1. The number of rotatable bonds is 8. The standard InChI is InChI=1S/C24H28N2O2/c1-4-5-6-7-8-18-9-13-20(14-10-18)23-25-22(24(27)28-23)17-19-11-15-21(16-12-19)26(2)3/h9-17H,4-8H2,1-3H3. The second-order valence-electron chi connectivity index (χ2n) is 7.33. The average molecular weight is 377 g/mol. The Morgan fingerprint density at radius 2 is 1.68 bits per heavy atom. The van der Waals surface area contributed by atoms with Crippen molar-refractivity contribution in [3.05, 3.63) is 70.9 Å². The number of unbranched alkanes of at least 4 members (excludes halogenated alkanes) is 3. The smallest absolute Gasteiger partial charge is 0.363 e. The highest BCUT2D eigenvalue weighted by Crippen LogP contribution is 2.21. The highest BCUT2D eigenvalue weighted by molar-refractivity contribution is 6.12. The van der Waals surface area contributed by atoms with Crippen LogP contribution in [0.4, 0.5) is 5.69 Å². The van der Waals surface area contributed by atoms with E-state index in [0.29, 0.717) is 11.6 Å². The molecule has 0 amide bonds. The van der Waals surface area contributed by atoms with Gasteiger partial charge < -0.3 is 9.64 Å². The summed E-state index contributed by atoms with van der Waals surface area (Å²) in [5.41, 5.74) is 4.50. The number of anilines is 1. The van der Waals surface area contributed by atoms with E-state index in [1.165, 1.54) is 31.2 Å². The second-order valence-corrected chi connectivity index (χ2v) is 7.33. The summed E-state index contributed by atoms with van der Waals surface area (Å²) in [6.45, 7) is 2.22. The quantitative estimate of drug-likeness (QED) is 0.360. The molecule has 0 radical (unpaired) electrons. The average Bonchev–Trinajstić information content (AvgIpc) is 3.06. The van der Waals surface area contributed by atoms with Crippen LogP contribution in [0.1, 0.15) is 49.3 Å². The highest BCUT2D eigenvalue weighted by Gasteiger charge is 2.24. The molecule has 2 aromatic rings. The predicted molar refractivity (Wildman–Crippen MR) is 116 cm³/mol. The molecule has 0 fully saturated rings. The summed E-state index contributed by atoms with van der Waals surface area (Å²) < 4.78 is 5.38. The fourth-order valence-electron chi connectivity index (χ4n) is 3.13. The molecule has 3 rings (SSSR count). The normalized spacial score (nSPS) is 14.9. The molecule has 28 heavy (non-hydrogen) atoms. The molecule has 2 aromatic carbocycles. The van der Waals surface area contributed by atoms with Gasteiger partial charge in [0.1, 0.15) is 0 Å². The zero-order valence-corrected chi connectivity index (χ0v) is 16.9. The maximum absolute atomic E-state index is 12.2. The molecule has 0 saturated heterocycles. The molecule has 0 bridgehead atoms. The van der Waals surface area contributed by atoms with Crippen LogP contribution in [0.3, 0.4) is 0 Å². The first-order chi connectivity index (χ1) is 13.6. The van der Waals surface area contributed by atoms with Gasteiger partial charge in [0.05, 0.1) is 0 Å². The van der Waals surface area contributed by atoms with E-state index in [1.807, 2.05) is 55.4 Å². The molecule has 1 aliphatic rings. The minimum atomic E-state index is -0.407. The molecule has 0 N–H and O–H groups in total. The molecule has 0 aliphatic carbocycles. The number of aryl methyl sites for hydroxylation is 1. The lowest BCUT2D eigenvalue weighted by molar-refractivity contribution is -0.129. The highest BCUT2D eigenvalue weighted by atomic mass is 16.6. The van der Waals surface area contributed by atoms with Crippen molar-refractivity contribution in [2.45, 2.75) is 39.0 Å². The minimum absolute atomic E-state index is 0.330. The summed E-state index contributed by atoms with van der Waals surface area (Å²) >= 11 is 0. The van der Waals surface area contributed by atoms with E-state index in [-0.39, 0.29) is 0 Å². The van der Waals surface area contributed by atoms with Gasteiger partial charge in [-0.1, -0.05) is 50.5 Å². The molecule has 0 unspecified atom stereocenters. The van der Waals surface area contributed by atoms with E-state index in [9.17, 15) is 4.79 Å². The predicted octanol–water partition coefficient (Wildman–Crippen LogP) is 5.22. The Kier molecular flexibility index (Phi) is 6.64. The van der Waals surface area contributed by atoms with Gasteiger partial charge in [0, 0.05) is 25.3 Å². The lowest BCUT2D eigenvalue weighted by atomic mass is 10.0. The Hall–Kier alpha value is -2.88. The topological polar surface area (TPSA) is 41.9 Å². The second kappa shape index (κ2) is 9.36. The van der Waals surface area contributed by atoms with Crippen molar-refractivity contribution in [3.63, 3.8) is 0 Å². The monoisotopic (exact) mass is 376 g/mol. The van der Waals surface area contributed by atoms with Gasteiger partial charge >= 0.3 is 5.97 Å². The molecule has 146 valence electrons. The maximum Gasteiger partial charge on any atom is 0.363 e. The van der Waals surface area contributed by atoms with Gasteiger partial charge in [-0.05, 0) is 54.3 Å². The number of cyclic esters (lactones) is 1. The number of carbonyl (C=O) groups is 1. The SMILES string of the molecule is CCCCCCc1ccc(C2=NC(=Cc3ccc(N(C)C)cc3)C(=O)O2)cc1. The van der Waals surface area contributed by atoms with E-state index in [4.69, 9.17) is 4.74 Å². The van der Waals surface area contributed by atoms with E-state index in [2.05, 4.69) is 24.0 Å². The molecule has 0 saturated carbocycles. The Morgan fingerprint density at radius 3 is 2.32 bits per heavy atom. The molecular weight excluding hydrogens is 348 g/mol. The number of nitrogens with zero attached hydrogens (tertiary/aromatic N) is 2. The van der Waals surface area contributed by atoms with E-state index in [1.54, 1.807) is 6.08 Å². The molecule has 0 aromatic heterocycles. The number of hydrogen-bond acceptors (Lipinski definition) is 4. The van der Waals surface area contributed by atoms with Crippen molar-refractivity contribution in [1.82, 2.24) is 0 Å². The fourth-order valence-corrected chi connectivity index (χ4v) is 3.13. The van der Waals surface area contributed by atoms with Gasteiger partial charge in [-0.25, -0.2) is 9.79 Å². The van der Waals surface area contributed by atoms with Crippen LogP contribution in [0.15, 0.2) is 59.2 Å². The first-order valence-electron chi connectivity index (χ1n) is 9.96. The summed E-state index contributed by atoms with van der Waals surface area (Å²) in [5.74, 6) is -0.0333. The lowest BCUT2D eigenvalue weighted by Gasteiger charge is -2.11. The zero-order chi connectivity index (χ0) is 19.9. The van der Waals surface area contributed by atoms with Gasteiger partial charge in [0.15, 0.2) is 5.70 Å². The third kappa shape index (κ3) is 5.10. The Balaban J connectivity index is 1.69. The molecule has 4 nitrogen and oxygen atoms in total. The molecule has 1 heterocycles. The van der Waals surface area contributed by atoms with Crippen molar-refractivity contribution >= 4 is 23.6 Å². The third-order valence-corrected chi connectivity index (χ3v) is 4.85. The van der Waals surface area contributed by atoms with Crippen LogP contribution < -0.4 is 4.90 Å². The Morgan fingerprint density at radius 1 is 0.964 bits per heavy atom. The van der Waals surface area contributed by atoms with Crippen LogP contribution in [-0.4, -0.2) is 26.0 Å². The number of esters is 1. The Bertz CT molecular complexity index is 862. The van der Waals surface area contributed by atoms with E-state index < -0.39 is 5.97 Å². The van der Waals surface area contributed by atoms with Crippen LogP contribution >= 0.6 is 0 Å². The third-order valence-electron chi connectivity index (χ3n) is 4.85. The van der Waals surface area contributed by atoms with Gasteiger partial charge in [0.25, 0.3) is 0 Å². The van der Waals surface area contributed by atoms with Crippen molar-refractivity contribution in [2.24, 2.45) is 4.99 Å². The number of benzene rings is 2. The van der Waals surface area contributed by atoms with Gasteiger partial charge in [-0.15, -0.1) is 0 Å². The molecule has 4 heteroatoms. The van der Waals surface area contributed by atoms with Crippen molar-refractivity contribution in [1.29, 1.82) is 0 Å². The summed E-state index contributed by atoms with van der Waals surface area (Å²) in [4.78, 5) is 18.6. The Labute approximate surface area is 167 Å².